The summed E-state index contributed by atoms with van der Waals surface area (Å²) in [5.41, 5.74) is 4.00. The molecule has 0 aliphatic carbocycles. The Bertz CT molecular complexity index is 1200. The zero-order chi connectivity index (χ0) is 25.5. The van der Waals surface area contributed by atoms with E-state index in [1.165, 1.54) is 16.9 Å². The van der Waals surface area contributed by atoms with E-state index in [4.69, 9.17) is 18.9 Å². The summed E-state index contributed by atoms with van der Waals surface area (Å²) in [6.07, 6.45) is 0. The summed E-state index contributed by atoms with van der Waals surface area (Å²) < 4.78 is 21.7. The number of methoxy groups -OCH3 is 2. The molecule has 1 aromatic heterocycles. The summed E-state index contributed by atoms with van der Waals surface area (Å²) in [7, 11) is 3.10. The first-order chi connectivity index (χ1) is 16.8. The van der Waals surface area contributed by atoms with Crippen molar-refractivity contribution in [1.82, 2.24) is 0 Å². The Morgan fingerprint density at radius 1 is 1.03 bits per heavy atom. The second-order valence-electron chi connectivity index (χ2n) is 8.15. The zero-order valence-electron chi connectivity index (χ0n) is 20.9. The van der Waals surface area contributed by atoms with E-state index >= 15 is 0 Å². The Balaban J connectivity index is 1.82. The van der Waals surface area contributed by atoms with Gasteiger partial charge in [0.15, 0.2) is 18.1 Å². The molecule has 0 aliphatic heterocycles. The van der Waals surface area contributed by atoms with Crippen molar-refractivity contribution in [2.45, 2.75) is 33.6 Å². The van der Waals surface area contributed by atoms with Crippen molar-refractivity contribution in [1.29, 1.82) is 0 Å². The van der Waals surface area contributed by atoms with Gasteiger partial charge in [0, 0.05) is 10.9 Å². The molecule has 186 valence electrons. The Morgan fingerprint density at radius 3 is 2.40 bits per heavy atom. The predicted molar refractivity (Wildman–Crippen MR) is 138 cm³/mol. The number of benzene rings is 2. The van der Waals surface area contributed by atoms with E-state index in [0.29, 0.717) is 33.7 Å². The third-order valence-electron chi connectivity index (χ3n) is 5.45. The van der Waals surface area contributed by atoms with Crippen molar-refractivity contribution in [2.24, 2.45) is 0 Å². The van der Waals surface area contributed by atoms with Crippen LogP contribution in [0.25, 0.3) is 11.1 Å². The van der Waals surface area contributed by atoms with Gasteiger partial charge in [0.1, 0.15) is 16.3 Å². The van der Waals surface area contributed by atoms with E-state index in [0.717, 1.165) is 11.1 Å². The number of anilines is 1. The molecule has 2 aromatic carbocycles. The van der Waals surface area contributed by atoms with Crippen LogP contribution in [0.3, 0.4) is 0 Å². The van der Waals surface area contributed by atoms with Gasteiger partial charge in [-0.3, -0.25) is 4.79 Å². The number of hydrogen-bond donors (Lipinski definition) is 1. The van der Waals surface area contributed by atoms with Gasteiger partial charge in [-0.1, -0.05) is 26.0 Å². The topological polar surface area (TPSA) is 83.1 Å². The summed E-state index contributed by atoms with van der Waals surface area (Å²) in [5.74, 6) is 1.24. The van der Waals surface area contributed by atoms with Crippen molar-refractivity contribution < 1.29 is 28.5 Å². The molecule has 0 spiro atoms. The highest BCUT2D eigenvalue weighted by Gasteiger charge is 2.24. The highest BCUT2D eigenvalue weighted by molar-refractivity contribution is 7.15. The van der Waals surface area contributed by atoms with Gasteiger partial charge < -0.3 is 24.3 Å². The first kappa shape index (κ1) is 26.1. The monoisotopic (exact) mass is 497 g/mol. The minimum atomic E-state index is -0.519. The van der Waals surface area contributed by atoms with Crippen LogP contribution in [0.4, 0.5) is 5.00 Å². The molecule has 0 saturated carbocycles. The Morgan fingerprint density at radius 2 is 1.77 bits per heavy atom. The van der Waals surface area contributed by atoms with Crippen molar-refractivity contribution in [3.05, 3.63) is 58.5 Å². The molecule has 3 rings (SSSR count). The van der Waals surface area contributed by atoms with Crippen LogP contribution in [-0.2, 0) is 9.53 Å². The van der Waals surface area contributed by atoms with E-state index in [1.54, 1.807) is 38.7 Å². The molecule has 35 heavy (non-hydrogen) atoms. The highest BCUT2D eigenvalue weighted by atomic mass is 32.1. The number of esters is 1. The van der Waals surface area contributed by atoms with Crippen molar-refractivity contribution in [3.63, 3.8) is 0 Å². The average molecular weight is 498 g/mol. The SMILES string of the molecule is CCOC(=O)c1c(-c2ccc(OC)c(OC)c2)csc1NC(=O)COc1ccc(C(C)C)c(C)c1. The molecule has 0 atom stereocenters. The molecule has 0 unspecified atom stereocenters. The van der Waals surface area contributed by atoms with Crippen molar-refractivity contribution in [2.75, 3.05) is 32.8 Å². The first-order valence-electron chi connectivity index (χ1n) is 11.3. The van der Waals surface area contributed by atoms with Crippen LogP contribution in [0.5, 0.6) is 17.2 Å². The van der Waals surface area contributed by atoms with E-state index in [9.17, 15) is 9.59 Å². The number of carbonyl (C=O) groups excluding carboxylic acids is 2. The largest absolute Gasteiger partial charge is 0.493 e. The molecular formula is C27H31NO6S. The van der Waals surface area contributed by atoms with Gasteiger partial charge in [0.25, 0.3) is 5.91 Å². The Kier molecular flexibility index (Phi) is 8.76. The maximum absolute atomic E-state index is 12.8. The third-order valence-corrected chi connectivity index (χ3v) is 6.35. The number of ether oxygens (including phenoxy) is 4. The summed E-state index contributed by atoms with van der Waals surface area (Å²) >= 11 is 1.25. The Labute approximate surface area is 210 Å². The van der Waals surface area contributed by atoms with E-state index < -0.39 is 5.97 Å². The summed E-state index contributed by atoms with van der Waals surface area (Å²) in [6, 6.07) is 11.2. The zero-order valence-corrected chi connectivity index (χ0v) is 21.7. The Hall–Kier alpha value is -3.52. The molecule has 1 heterocycles. The van der Waals surface area contributed by atoms with Gasteiger partial charge in [0.05, 0.1) is 20.8 Å². The molecule has 0 aliphatic rings. The lowest BCUT2D eigenvalue weighted by molar-refractivity contribution is -0.118. The maximum Gasteiger partial charge on any atom is 0.341 e. The van der Waals surface area contributed by atoms with Crippen LogP contribution in [0.15, 0.2) is 41.8 Å². The van der Waals surface area contributed by atoms with Gasteiger partial charge in [-0.05, 0) is 60.7 Å². The number of thiophene rings is 1. The molecule has 0 radical (unpaired) electrons. The van der Waals surface area contributed by atoms with Gasteiger partial charge in [-0.25, -0.2) is 4.79 Å². The fourth-order valence-corrected chi connectivity index (χ4v) is 4.74. The quantitative estimate of drug-likeness (QED) is 0.343. The summed E-state index contributed by atoms with van der Waals surface area (Å²) in [4.78, 5) is 25.5. The molecule has 7 nitrogen and oxygen atoms in total. The molecule has 0 saturated heterocycles. The predicted octanol–water partition coefficient (Wildman–Crippen LogP) is 6.06. The molecule has 1 N–H and O–H groups in total. The van der Waals surface area contributed by atoms with Crippen LogP contribution < -0.4 is 19.5 Å². The molecule has 0 fully saturated rings. The minimum Gasteiger partial charge on any atom is -0.493 e. The van der Waals surface area contributed by atoms with Crippen molar-refractivity contribution >= 4 is 28.2 Å². The second-order valence-corrected chi connectivity index (χ2v) is 9.03. The minimum absolute atomic E-state index is 0.188. The van der Waals surface area contributed by atoms with Gasteiger partial charge >= 0.3 is 5.97 Å². The summed E-state index contributed by atoms with van der Waals surface area (Å²) in [6.45, 7) is 8.05. The lowest BCUT2D eigenvalue weighted by atomic mass is 9.98. The second kappa shape index (κ2) is 11.8. The molecule has 8 heteroatoms. The first-order valence-corrected chi connectivity index (χ1v) is 12.2. The lowest BCUT2D eigenvalue weighted by Gasteiger charge is -2.13. The maximum atomic E-state index is 12.8. The molecular weight excluding hydrogens is 466 g/mol. The number of amides is 1. The van der Waals surface area contributed by atoms with Gasteiger partial charge in [-0.2, -0.15) is 0 Å². The number of rotatable bonds is 10. The molecule has 0 bridgehead atoms. The van der Waals surface area contributed by atoms with Gasteiger partial charge in [0.2, 0.25) is 0 Å². The number of aryl methyl sites for hydroxylation is 1. The standard InChI is InChI=1S/C27H31NO6S/c1-7-33-27(30)25-21(18-8-11-22(31-5)23(13-18)32-6)15-35-26(25)28-24(29)14-34-19-9-10-20(16(2)3)17(4)12-19/h8-13,15-16H,7,14H2,1-6H3,(H,28,29). The van der Waals surface area contributed by atoms with Crippen LogP contribution in [0.1, 0.15) is 48.2 Å². The van der Waals surface area contributed by atoms with Crippen molar-refractivity contribution in [3.8, 4) is 28.4 Å². The van der Waals surface area contributed by atoms with Gasteiger partial charge in [-0.15, -0.1) is 11.3 Å². The lowest BCUT2D eigenvalue weighted by Crippen LogP contribution is -2.21. The number of nitrogens with one attached hydrogen (secondary N) is 1. The number of hydrogen-bond acceptors (Lipinski definition) is 7. The van der Waals surface area contributed by atoms with Crippen LogP contribution in [0, 0.1) is 6.92 Å². The van der Waals surface area contributed by atoms with E-state index in [2.05, 4.69) is 19.2 Å². The van der Waals surface area contributed by atoms with E-state index in [1.807, 2.05) is 31.2 Å². The fraction of sp³-hybridized carbons (Fsp3) is 0.333. The van der Waals surface area contributed by atoms with Crippen LogP contribution in [-0.4, -0.2) is 39.3 Å². The molecule has 3 aromatic rings. The average Bonchev–Trinajstić information content (AvgIpc) is 3.25. The van der Waals surface area contributed by atoms with Crippen LogP contribution in [0.2, 0.25) is 0 Å². The van der Waals surface area contributed by atoms with E-state index in [-0.39, 0.29) is 24.7 Å². The number of carbonyl (C=O) groups is 2. The molecule has 1 amide bonds. The normalized spacial score (nSPS) is 10.7. The highest BCUT2D eigenvalue weighted by Crippen LogP contribution is 2.39. The van der Waals surface area contributed by atoms with Crippen LogP contribution >= 0.6 is 11.3 Å². The summed E-state index contributed by atoms with van der Waals surface area (Å²) in [5, 5.41) is 5.00. The smallest absolute Gasteiger partial charge is 0.341 e. The third kappa shape index (κ3) is 6.14. The fourth-order valence-electron chi connectivity index (χ4n) is 3.77.